The molecule has 0 bridgehead atoms. The van der Waals surface area contributed by atoms with E-state index in [-0.39, 0.29) is 0 Å². The van der Waals surface area contributed by atoms with Crippen molar-refractivity contribution in [1.29, 1.82) is 0 Å². The number of hydrogen-bond donors (Lipinski definition) is 0. The molecule has 2 aromatic heterocycles. The summed E-state index contributed by atoms with van der Waals surface area (Å²) in [7, 11) is 1.63. The summed E-state index contributed by atoms with van der Waals surface area (Å²) in [6, 6.07) is 4.26. The van der Waals surface area contributed by atoms with Crippen LogP contribution in [0.4, 0.5) is 0 Å². The van der Waals surface area contributed by atoms with Crippen LogP contribution in [0.2, 0.25) is 0 Å². The van der Waals surface area contributed by atoms with Crippen LogP contribution >= 0.6 is 11.6 Å². The van der Waals surface area contributed by atoms with Crippen LogP contribution in [-0.4, -0.2) is 21.6 Å². The Morgan fingerprint density at radius 2 is 2.17 bits per heavy atom. The Morgan fingerprint density at radius 3 is 2.78 bits per heavy atom. The third-order valence-electron chi connectivity index (χ3n) is 3.63. The molecular weight excluding hydrogens is 250 g/mol. The molecule has 0 aromatic carbocycles. The molecule has 1 aliphatic rings. The Morgan fingerprint density at radius 1 is 1.39 bits per heavy atom. The zero-order valence-electron chi connectivity index (χ0n) is 10.6. The van der Waals surface area contributed by atoms with Gasteiger partial charge in [0.25, 0.3) is 0 Å². The summed E-state index contributed by atoms with van der Waals surface area (Å²) in [4.78, 5) is 9.06. The minimum absolute atomic E-state index is 0.420. The first-order valence-electron chi connectivity index (χ1n) is 6.20. The van der Waals surface area contributed by atoms with Gasteiger partial charge in [0.2, 0.25) is 5.88 Å². The zero-order chi connectivity index (χ0) is 12.7. The zero-order valence-corrected chi connectivity index (χ0v) is 11.3. The van der Waals surface area contributed by atoms with Gasteiger partial charge in [-0.25, -0.2) is 4.98 Å². The Kier molecular flexibility index (Phi) is 2.90. The second-order valence-electron chi connectivity index (χ2n) is 4.96. The number of imidazole rings is 1. The number of alkyl halides is 1. The van der Waals surface area contributed by atoms with Gasteiger partial charge >= 0.3 is 0 Å². The van der Waals surface area contributed by atoms with E-state index in [2.05, 4.69) is 21.5 Å². The smallest absolute Gasteiger partial charge is 0.215 e. The quantitative estimate of drug-likeness (QED) is 0.801. The van der Waals surface area contributed by atoms with Gasteiger partial charge in [-0.15, -0.1) is 11.6 Å². The van der Waals surface area contributed by atoms with Crippen molar-refractivity contribution in [3.05, 3.63) is 18.0 Å². The molecular formula is C13H16ClN3O. The number of hydrogen-bond acceptors (Lipinski definition) is 3. The molecule has 0 radical (unpaired) electrons. The minimum Gasteiger partial charge on any atom is -0.481 e. The number of halogens is 1. The maximum Gasteiger partial charge on any atom is 0.215 e. The van der Waals surface area contributed by atoms with E-state index in [9.17, 15) is 0 Å². The summed E-state index contributed by atoms with van der Waals surface area (Å²) >= 11 is 6.00. The number of rotatable bonds is 3. The highest BCUT2D eigenvalue weighted by atomic mass is 35.5. The van der Waals surface area contributed by atoms with E-state index < -0.39 is 0 Å². The summed E-state index contributed by atoms with van der Waals surface area (Å²) < 4.78 is 7.37. The lowest BCUT2D eigenvalue weighted by atomic mass is 9.81. The predicted octanol–water partition coefficient (Wildman–Crippen LogP) is 3.15. The number of methoxy groups -OCH3 is 1. The largest absolute Gasteiger partial charge is 0.481 e. The monoisotopic (exact) mass is 265 g/mol. The highest BCUT2D eigenvalue weighted by Crippen LogP contribution is 2.40. The van der Waals surface area contributed by atoms with Crippen LogP contribution in [0.25, 0.3) is 11.2 Å². The summed E-state index contributed by atoms with van der Waals surface area (Å²) in [5.74, 6) is 2.73. The molecule has 1 fully saturated rings. The van der Waals surface area contributed by atoms with Crippen molar-refractivity contribution in [2.45, 2.75) is 31.7 Å². The molecule has 0 aliphatic heterocycles. The normalized spacial score (nSPS) is 23.1. The number of pyridine rings is 1. The lowest BCUT2D eigenvalue weighted by Gasteiger charge is -2.34. The molecule has 1 saturated carbocycles. The van der Waals surface area contributed by atoms with E-state index in [0.29, 0.717) is 17.8 Å². The van der Waals surface area contributed by atoms with Gasteiger partial charge in [-0.2, -0.15) is 4.98 Å². The molecule has 0 saturated heterocycles. The van der Waals surface area contributed by atoms with E-state index >= 15 is 0 Å². The van der Waals surface area contributed by atoms with Crippen LogP contribution in [0.1, 0.15) is 31.6 Å². The first-order chi connectivity index (χ1) is 8.72. The van der Waals surface area contributed by atoms with Gasteiger partial charge in [-0.1, -0.05) is 6.92 Å². The molecule has 4 nitrogen and oxygen atoms in total. The Bertz CT molecular complexity index is 575. The molecule has 5 heteroatoms. The summed E-state index contributed by atoms with van der Waals surface area (Å²) in [5.41, 5.74) is 1.79. The van der Waals surface area contributed by atoms with Crippen LogP contribution in [0.15, 0.2) is 12.1 Å². The second-order valence-corrected chi connectivity index (χ2v) is 5.23. The minimum atomic E-state index is 0.420. The molecule has 3 rings (SSSR count). The molecule has 2 heterocycles. The van der Waals surface area contributed by atoms with Crippen molar-refractivity contribution in [2.75, 3.05) is 7.11 Å². The Labute approximate surface area is 111 Å². The lowest BCUT2D eigenvalue weighted by molar-refractivity contribution is 0.216. The van der Waals surface area contributed by atoms with Gasteiger partial charge in [-0.3, -0.25) is 0 Å². The number of nitrogens with zero attached hydrogens (tertiary/aromatic N) is 3. The van der Waals surface area contributed by atoms with E-state index in [1.807, 2.05) is 12.1 Å². The Balaban J connectivity index is 2.13. The molecule has 0 amide bonds. The van der Waals surface area contributed by atoms with Gasteiger partial charge in [0.05, 0.1) is 13.0 Å². The average molecular weight is 266 g/mol. The molecule has 0 unspecified atom stereocenters. The van der Waals surface area contributed by atoms with Gasteiger partial charge in [0, 0.05) is 12.1 Å². The third-order valence-corrected chi connectivity index (χ3v) is 3.87. The van der Waals surface area contributed by atoms with Crippen LogP contribution < -0.4 is 4.74 Å². The van der Waals surface area contributed by atoms with E-state index in [1.165, 1.54) is 12.8 Å². The van der Waals surface area contributed by atoms with Crippen molar-refractivity contribution >= 4 is 22.8 Å². The summed E-state index contributed by atoms with van der Waals surface area (Å²) in [5, 5.41) is 0. The first kappa shape index (κ1) is 11.8. The molecule has 1 aliphatic carbocycles. The Hall–Kier alpha value is -1.29. The molecule has 18 heavy (non-hydrogen) atoms. The topological polar surface area (TPSA) is 39.9 Å². The van der Waals surface area contributed by atoms with Crippen molar-refractivity contribution in [3.8, 4) is 5.88 Å². The van der Waals surface area contributed by atoms with Crippen LogP contribution in [-0.2, 0) is 5.88 Å². The van der Waals surface area contributed by atoms with E-state index in [4.69, 9.17) is 16.3 Å². The maximum absolute atomic E-state index is 6.00. The standard InChI is InChI=1S/C13H16ClN3O/c1-8-5-9(6-8)17-11(7-14)15-10-3-4-12(18-2)16-13(10)17/h3-4,8-9H,5-7H2,1-2H3. The lowest BCUT2D eigenvalue weighted by Crippen LogP contribution is -2.26. The van der Waals surface area contributed by atoms with Crippen molar-refractivity contribution in [1.82, 2.24) is 14.5 Å². The molecule has 0 N–H and O–H groups in total. The SMILES string of the molecule is COc1ccc2nc(CCl)n(C3CC(C)C3)c2n1. The van der Waals surface area contributed by atoms with Gasteiger partial charge in [-0.05, 0) is 24.8 Å². The molecule has 2 aromatic rings. The fraction of sp³-hybridized carbons (Fsp3) is 0.538. The second kappa shape index (κ2) is 4.43. The van der Waals surface area contributed by atoms with Crippen LogP contribution in [0.3, 0.4) is 0 Å². The first-order valence-corrected chi connectivity index (χ1v) is 6.74. The van der Waals surface area contributed by atoms with Crippen molar-refractivity contribution < 1.29 is 4.74 Å². The highest BCUT2D eigenvalue weighted by Gasteiger charge is 2.30. The van der Waals surface area contributed by atoms with Gasteiger partial charge < -0.3 is 9.30 Å². The van der Waals surface area contributed by atoms with Crippen LogP contribution in [0.5, 0.6) is 5.88 Å². The van der Waals surface area contributed by atoms with E-state index in [0.717, 1.165) is 22.9 Å². The fourth-order valence-electron chi connectivity index (χ4n) is 2.67. The van der Waals surface area contributed by atoms with E-state index in [1.54, 1.807) is 7.11 Å². The van der Waals surface area contributed by atoms with Gasteiger partial charge in [0.15, 0.2) is 5.65 Å². The maximum atomic E-state index is 6.00. The number of aromatic nitrogens is 3. The number of fused-ring (bicyclic) bond motifs is 1. The molecule has 0 atom stereocenters. The predicted molar refractivity (Wildman–Crippen MR) is 71.1 cm³/mol. The van der Waals surface area contributed by atoms with Crippen molar-refractivity contribution in [2.24, 2.45) is 5.92 Å². The summed E-state index contributed by atoms with van der Waals surface area (Å²) in [6.45, 7) is 2.27. The molecule has 96 valence electrons. The van der Waals surface area contributed by atoms with Crippen LogP contribution in [0, 0.1) is 5.92 Å². The summed E-state index contributed by atoms with van der Waals surface area (Å²) in [6.07, 6.45) is 2.35. The number of ether oxygens (including phenoxy) is 1. The van der Waals surface area contributed by atoms with Gasteiger partial charge in [0.1, 0.15) is 11.3 Å². The average Bonchev–Trinajstić information content (AvgIpc) is 2.72. The fourth-order valence-corrected chi connectivity index (χ4v) is 2.85. The third kappa shape index (κ3) is 1.75. The molecule has 0 spiro atoms. The van der Waals surface area contributed by atoms with Crippen molar-refractivity contribution in [3.63, 3.8) is 0 Å². The highest BCUT2D eigenvalue weighted by molar-refractivity contribution is 6.16.